The second-order valence-electron chi connectivity index (χ2n) is 3.29. The molecule has 2 N–H and O–H groups in total. The molecule has 0 fully saturated rings. The summed E-state index contributed by atoms with van der Waals surface area (Å²) >= 11 is 5.57. The van der Waals surface area contributed by atoms with Crippen LogP contribution >= 0.6 is 11.6 Å². The maximum absolute atomic E-state index is 9.69. The molecule has 0 bridgehead atoms. The molecule has 1 unspecified atom stereocenters. The Balaban J connectivity index is 3.59. The van der Waals surface area contributed by atoms with Crippen LogP contribution in [0.5, 0.6) is 0 Å². The van der Waals surface area contributed by atoms with E-state index in [1.807, 2.05) is 0 Å². The van der Waals surface area contributed by atoms with E-state index in [4.69, 9.17) is 11.6 Å². The first-order valence-electron chi connectivity index (χ1n) is 4.83. The van der Waals surface area contributed by atoms with Crippen LogP contribution in [0.15, 0.2) is 11.6 Å². The van der Waals surface area contributed by atoms with Gasteiger partial charge < -0.3 is 10.4 Å². The fourth-order valence-electron chi connectivity index (χ4n) is 1.36. The molecule has 0 radical (unpaired) electrons. The molecule has 1 atom stereocenters. The SMILES string of the molecule is C=C(Cl)CNCC(O)C(CC)CC. The lowest BCUT2D eigenvalue weighted by atomic mass is 9.97. The first kappa shape index (κ1) is 12.9. The maximum Gasteiger partial charge on any atom is 0.0692 e. The molecule has 0 saturated heterocycles. The highest BCUT2D eigenvalue weighted by molar-refractivity contribution is 6.29. The van der Waals surface area contributed by atoms with Crippen LogP contribution in [0, 0.1) is 5.92 Å². The summed E-state index contributed by atoms with van der Waals surface area (Å²) in [6, 6.07) is 0. The van der Waals surface area contributed by atoms with Gasteiger partial charge in [-0.05, 0) is 5.92 Å². The van der Waals surface area contributed by atoms with Crippen molar-refractivity contribution in [1.82, 2.24) is 5.32 Å². The third-order valence-electron chi connectivity index (χ3n) is 2.26. The van der Waals surface area contributed by atoms with Crippen LogP contribution in [0.3, 0.4) is 0 Å². The van der Waals surface area contributed by atoms with Crippen molar-refractivity contribution < 1.29 is 5.11 Å². The van der Waals surface area contributed by atoms with Crippen molar-refractivity contribution in [3.8, 4) is 0 Å². The second kappa shape index (κ2) is 7.36. The zero-order valence-electron chi connectivity index (χ0n) is 8.52. The lowest BCUT2D eigenvalue weighted by molar-refractivity contribution is 0.102. The molecule has 0 saturated carbocycles. The predicted octanol–water partition coefficient (Wildman–Crippen LogP) is 2.13. The standard InChI is InChI=1S/C10H20ClNO/c1-4-9(5-2)10(13)7-12-6-8(3)11/h9-10,12-13H,3-7H2,1-2H3. The van der Waals surface area contributed by atoms with Gasteiger partial charge in [-0.25, -0.2) is 0 Å². The van der Waals surface area contributed by atoms with E-state index in [2.05, 4.69) is 25.7 Å². The van der Waals surface area contributed by atoms with Gasteiger partial charge in [0.25, 0.3) is 0 Å². The Bertz CT molecular complexity index is 146. The molecule has 0 rings (SSSR count). The van der Waals surface area contributed by atoms with E-state index >= 15 is 0 Å². The van der Waals surface area contributed by atoms with Crippen molar-refractivity contribution in [1.29, 1.82) is 0 Å². The third-order valence-corrected chi connectivity index (χ3v) is 2.40. The van der Waals surface area contributed by atoms with E-state index in [0.717, 1.165) is 12.8 Å². The van der Waals surface area contributed by atoms with Gasteiger partial charge in [-0.15, -0.1) is 0 Å². The fourth-order valence-corrected chi connectivity index (χ4v) is 1.45. The molecule has 13 heavy (non-hydrogen) atoms. The highest BCUT2D eigenvalue weighted by atomic mass is 35.5. The minimum atomic E-state index is -0.272. The normalized spacial score (nSPS) is 13.3. The Kier molecular flexibility index (Phi) is 7.33. The molecular formula is C10H20ClNO. The van der Waals surface area contributed by atoms with Crippen molar-refractivity contribution in [2.45, 2.75) is 32.8 Å². The Morgan fingerprint density at radius 3 is 2.38 bits per heavy atom. The highest BCUT2D eigenvalue weighted by Crippen LogP contribution is 2.12. The average molecular weight is 206 g/mol. The summed E-state index contributed by atoms with van der Waals surface area (Å²) in [6.07, 6.45) is 1.76. The molecule has 0 aromatic heterocycles. The van der Waals surface area contributed by atoms with Crippen LogP contribution < -0.4 is 5.32 Å². The Morgan fingerprint density at radius 1 is 1.46 bits per heavy atom. The van der Waals surface area contributed by atoms with Crippen LogP contribution in [0.1, 0.15) is 26.7 Å². The molecule has 2 nitrogen and oxygen atoms in total. The molecule has 0 aliphatic carbocycles. The summed E-state index contributed by atoms with van der Waals surface area (Å²) in [4.78, 5) is 0. The Labute approximate surface area is 86.0 Å². The van der Waals surface area contributed by atoms with Crippen LogP contribution in [-0.2, 0) is 0 Å². The molecule has 0 aliphatic heterocycles. The largest absolute Gasteiger partial charge is 0.392 e. The van der Waals surface area contributed by atoms with Gasteiger partial charge in [0.15, 0.2) is 0 Å². The highest BCUT2D eigenvalue weighted by Gasteiger charge is 2.14. The smallest absolute Gasteiger partial charge is 0.0692 e. The topological polar surface area (TPSA) is 32.3 Å². The molecule has 78 valence electrons. The van der Waals surface area contributed by atoms with Gasteiger partial charge in [-0.2, -0.15) is 0 Å². The Hall–Kier alpha value is -0.0500. The molecule has 0 aromatic rings. The summed E-state index contributed by atoms with van der Waals surface area (Å²) in [5, 5.41) is 13.3. The number of rotatable bonds is 7. The molecular weight excluding hydrogens is 186 g/mol. The van der Waals surface area contributed by atoms with Crippen LogP contribution in [0.4, 0.5) is 0 Å². The lowest BCUT2D eigenvalue weighted by Gasteiger charge is -2.20. The quantitative estimate of drug-likeness (QED) is 0.668. The zero-order valence-corrected chi connectivity index (χ0v) is 9.27. The number of halogens is 1. The van der Waals surface area contributed by atoms with Gasteiger partial charge in [-0.1, -0.05) is 44.9 Å². The van der Waals surface area contributed by atoms with Crippen molar-refractivity contribution in [3.05, 3.63) is 11.6 Å². The summed E-state index contributed by atoms with van der Waals surface area (Å²) in [5.74, 6) is 0.385. The van der Waals surface area contributed by atoms with Crippen molar-refractivity contribution >= 4 is 11.6 Å². The number of aliphatic hydroxyl groups is 1. The van der Waals surface area contributed by atoms with Crippen LogP contribution in [0.2, 0.25) is 0 Å². The molecule has 3 heteroatoms. The fraction of sp³-hybridized carbons (Fsp3) is 0.800. The predicted molar refractivity (Wildman–Crippen MR) is 57.9 cm³/mol. The van der Waals surface area contributed by atoms with E-state index in [0.29, 0.717) is 24.0 Å². The monoisotopic (exact) mass is 205 g/mol. The van der Waals surface area contributed by atoms with Crippen molar-refractivity contribution in [2.24, 2.45) is 5.92 Å². The van der Waals surface area contributed by atoms with Crippen LogP contribution in [-0.4, -0.2) is 24.3 Å². The summed E-state index contributed by atoms with van der Waals surface area (Å²) < 4.78 is 0. The van der Waals surface area contributed by atoms with E-state index in [9.17, 15) is 5.11 Å². The van der Waals surface area contributed by atoms with E-state index < -0.39 is 0 Å². The first-order valence-corrected chi connectivity index (χ1v) is 5.21. The van der Waals surface area contributed by atoms with Crippen molar-refractivity contribution in [3.63, 3.8) is 0 Å². The third kappa shape index (κ3) is 6.08. The van der Waals surface area contributed by atoms with Gasteiger partial charge in [0.05, 0.1) is 6.10 Å². The summed E-state index contributed by atoms with van der Waals surface area (Å²) in [6.45, 7) is 8.91. The van der Waals surface area contributed by atoms with E-state index in [-0.39, 0.29) is 6.10 Å². The number of hydrogen-bond acceptors (Lipinski definition) is 2. The minimum Gasteiger partial charge on any atom is -0.392 e. The summed E-state index contributed by atoms with van der Waals surface area (Å²) in [5.41, 5.74) is 0. The van der Waals surface area contributed by atoms with E-state index in [1.54, 1.807) is 0 Å². The molecule has 0 aliphatic rings. The molecule has 0 spiro atoms. The first-order chi connectivity index (χ1) is 6.11. The maximum atomic E-state index is 9.69. The lowest BCUT2D eigenvalue weighted by Crippen LogP contribution is -2.33. The minimum absolute atomic E-state index is 0.272. The van der Waals surface area contributed by atoms with Gasteiger partial charge in [-0.3, -0.25) is 0 Å². The number of hydrogen-bond donors (Lipinski definition) is 2. The Morgan fingerprint density at radius 2 is 2.00 bits per heavy atom. The second-order valence-corrected chi connectivity index (χ2v) is 3.83. The van der Waals surface area contributed by atoms with Gasteiger partial charge in [0, 0.05) is 18.1 Å². The molecule has 0 amide bonds. The molecule has 0 aromatic carbocycles. The van der Waals surface area contributed by atoms with Gasteiger partial charge >= 0.3 is 0 Å². The summed E-state index contributed by atoms with van der Waals surface area (Å²) in [7, 11) is 0. The van der Waals surface area contributed by atoms with Gasteiger partial charge in [0.2, 0.25) is 0 Å². The number of nitrogens with one attached hydrogen (secondary N) is 1. The molecule has 0 heterocycles. The van der Waals surface area contributed by atoms with Gasteiger partial charge in [0.1, 0.15) is 0 Å². The number of aliphatic hydroxyl groups excluding tert-OH is 1. The zero-order chi connectivity index (χ0) is 10.3. The van der Waals surface area contributed by atoms with Crippen LogP contribution in [0.25, 0.3) is 0 Å². The average Bonchev–Trinajstić information content (AvgIpc) is 2.05. The van der Waals surface area contributed by atoms with E-state index in [1.165, 1.54) is 0 Å². The van der Waals surface area contributed by atoms with Crippen molar-refractivity contribution in [2.75, 3.05) is 13.1 Å².